The van der Waals surface area contributed by atoms with Gasteiger partial charge in [-0.25, -0.2) is 0 Å². The van der Waals surface area contributed by atoms with Gasteiger partial charge in [-0.2, -0.15) is 0 Å². The van der Waals surface area contributed by atoms with Crippen LogP contribution in [0.2, 0.25) is 36.3 Å². The maximum Gasteiger partial charge on any atom is 0.305 e. The molecule has 0 saturated heterocycles. The SMILES string of the molecule is COC(=O)C[C@H](CO[Si](C)(C)C(C)(C)C)[C@@H](CO[Si](C)(C)C(C)(C)C)SC(C)=O. The molecule has 0 aromatic carbocycles. The van der Waals surface area contributed by atoms with E-state index in [2.05, 4.69) is 67.7 Å². The molecule has 0 aliphatic carbocycles. The van der Waals surface area contributed by atoms with Gasteiger partial charge in [0, 0.05) is 31.3 Å². The summed E-state index contributed by atoms with van der Waals surface area (Å²) >= 11 is 1.26. The van der Waals surface area contributed by atoms with Crippen LogP contribution in [0, 0.1) is 5.92 Å². The smallest absolute Gasteiger partial charge is 0.305 e. The van der Waals surface area contributed by atoms with E-state index in [0.717, 1.165) is 0 Å². The normalized spacial score (nSPS) is 15.7. The number of methoxy groups -OCH3 is 1. The Bertz CT molecular complexity index is 550. The number of hydrogen-bond acceptors (Lipinski definition) is 6. The van der Waals surface area contributed by atoms with Crippen LogP contribution in [0.5, 0.6) is 0 Å². The molecule has 0 fully saturated rings. The Morgan fingerprint density at radius 1 is 0.862 bits per heavy atom. The van der Waals surface area contributed by atoms with Gasteiger partial charge < -0.3 is 13.6 Å². The van der Waals surface area contributed by atoms with Crippen molar-refractivity contribution < 1.29 is 23.2 Å². The van der Waals surface area contributed by atoms with Gasteiger partial charge in [0.05, 0.1) is 13.5 Å². The average molecular weight is 465 g/mol. The zero-order chi connectivity index (χ0) is 23.3. The molecule has 0 aromatic heterocycles. The highest BCUT2D eigenvalue weighted by atomic mass is 32.2. The molecule has 0 bridgehead atoms. The Balaban J connectivity index is 5.58. The van der Waals surface area contributed by atoms with Crippen molar-refractivity contribution in [2.45, 2.75) is 96.4 Å². The van der Waals surface area contributed by atoms with E-state index < -0.39 is 16.6 Å². The third-order valence-electron chi connectivity index (χ3n) is 6.38. The maximum absolute atomic E-state index is 12.1. The molecule has 29 heavy (non-hydrogen) atoms. The van der Waals surface area contributed by atoms with E-state index >= 15 is 0 Å². The molecule has 0 spiro atoms. The number of hydrogen-bond donors (Lipinski definition) is 0. The van der Waals surface area contributed by atoms with Gasteiger partial charge in [-0.3, -0.25) is 9.59 Å². The third-order valence-corrected chi connectivity index (χ3v) is 16.5. The molecule has 2 atom stereocenters. The summed E-state index contributed by atoms with van der Waals surface area (Å²) in [5, 5.41) is 0.0268. The fourth-order valence-electron chi connectivity index (χ4n) is 2.11. The highest BCUT2D eigenvalue weighted by Gasteiger charge is 2.41. The van der Waals surface area contributed by atoms with Gasteiger partial charge >= 0.3 is 5.97 Å². The third kappa shape index (κ3) is 9.67. The van der Waals surface area contributed by atoms with Crippen molar-refractivity contribution in [1.82, 2.24) is 0 Å². The summed E-state index contributed by atoms with van der Waals surface area (Å²) in [5.41, 5.74) is 0. The maximum atomic E-state index is 12.1. The largest absolute Gasteiger partial charge is 0.469 e. The molecule has 0 aromatic rings. The first-order valence-corrected chi connectivity index (χ1v) is 17.1. The van der Waals surface area contributed by atoms with E-state index in [1.165, 1.54) is 18.9 Å². The van der Waals surface area contributed by atoms with Crippen LogP contribution < -0.4 is 0 Å². The summed E-state index contributed by atoms with van der Waals surface area (Å²) in [4.78, 5) is 24.1. The molecule has 172 valence electrons. The molecule has 0 radical (unpaired) electrons. The standard InChI is InChI=1S/C21H44O5SSi2/c1-16(22)27-18(15-26-29(11,12)21(5,6)7)17(13-19(23)24-8)14-25-28(9,10)20(2,3)4/h17-18H,13-15H2,1-12H3/t17-,18-/m1/s1. The van der Waals surface area contributed by atoms with E-state index in [1.54, 1.807) is 6.92 Å². The van der Waals surface area contributed by atoms with Crippen LogP contribution >= 0.6 is 11.8 Å². The Morgan fingerprint density at radius 3 is 1.62 bits per heavy atom. The molecular weight excluding hydrogens is 420 g/mol. The molecule has 0 aliphatic heterocycles. The molecule has 0 amide bonds. The molecule has 8 heteroatoms. The lowest BCUT2D eigenvalue weighted by molar-refractivity contribution is -0.142. The second-order valence-electron chi connectivity index (χ2n) is 10.8. The number of esters is 1. The molecule has 0 aliphatic rings. The fourth-order valence-corrected chi connectivity index (χ4v) is 5.26. The lowest BCUT2D eigenvalue weighted by Crippen LogP contribution is -2.45. The van der Waals surface area contributed by atoms with Crippen LogP contribution in [0.1, 0.15) is 54.9 Å². The lowest BCUT2D eigenvalue weighted by atomic mass is 10.0. The van der Waals surface area contributed by atoms with Crippen LogP contribution in [-0.4, -0.2) is 53.3 Å². The van der Waals surface area contributed by atoms with Crippen molar-refractivity contribution in [2.75, 3.05) is 20.3 Å². The molecule has 0 heterocycles. The number of thioether (sulfide) groups is 1. The molecule has 0 saturated carbocycles. The van der Waals surface area contributed by atoms with E-state index in [9.17, 15) is 9.59 Å². The summed E-state index contributed by atoms with van der Waals surface area (Å²) in [6, 6.07) is 0. The molecule has 0 rings (SSSR count). The van der Waals surface area contributed by atoms with E-state index in [0.29, 0.717) is 13.2 Å². The van der Waals surface area contributed by atoms with E-state index in [-0.39, 0.29) is 38.7 Å². The summed E-state index contributed by atoms with van der Waals surface area (Å²) in [7, 11) is -2.56. The summed E-state index contributed by atoms with van der Waals surface area (Å²) in [6.45, 7) is 24.4. The minimum Gasteiger partial charge on any atom is -0.469 e. The van der Waals surface area contributed by atoms with Gasteiger partial charge in [0.25, 0.3) is 0 Å². The van der Waals surface area contributed by atoms with Gasteiger partial charge in [0.2, 0.25) is 0 Å². The van der Waals surface area contributed by atoms with Crippen molar-refractivity contribution in [2.24, 2.45) is 5.92 Å². The first-order valence-electron chi connectivity index (χ1n) is 10.4. The van der Waals surface area contributed by atoms with Crippen molar-refractivity contribution in [3.63, 3.8) is 0 Å². The van der Waals surface area contributed by atoms with Crippen molar-refractivity contribution >= 4 is 39.5 Å². The van der Waals surface area contributed by atoms with Crippen LogP contribution in [-0.2, 0) is 23.2 Å². The van der Waals surface area contributed by atoms with Crippen LogP contribution in [0.3, 0.4) is 0 Å². The predicted octanol–water partition coefficient (Wildman–Crippen LogP) is 5.86. The summed E-state index contributed by atoms with van der Waals surface area (Å²) in [5.74, 6) is -0.425. The molecule has 5 nitrogen and oxygen atoms in total. The average Bonchev–Trinajstić information content (AvgIpc) is 2.52. The van der Waals surface area contributed by atoms with Crippen LogP contribution in [0.4, 0.5) is 0 Å². The quantitative estimate of drug-likeness (QED) is 0.298. The molecule has 0 N–H and O–H groups in total. The number of ether oxygens (including phenoxy) is 1. The number of carbonyl (C=O) groups is 2. The Labute approximate surface area is 185 Å². The van der Waals surface area contributed by atoms with E-state index in [4.69, 9.17) is 13.6 Å². The summed E-state index contributed by atoms with van der Waals surface area (Å²) < 4.78 is 17.8. The Morgan fingerprint density at radius 2 is 1.28 bits per heavy atom. The van der Waals surface area contributed by atoms with Gasteiger partial charge in [-0.1, -0.05) is 53.3 Å². The first kappa shape index (κ1) is 28.8. The Hall–Kier alpha value is -0.156. The van der Waals surface area contributed by atoms with Gasteiger partial charge in [0.1, 0.15) is 0 Å². The Kier molecular flexibility index (Phi) is 10.9. The highest BCUT2D eigenvalue weighted by Crippen LogP contribution is 2.39. The predicted molar refractivity (Wildman–Crippen MR) is 128 cm³/mol. The van der Waals surface area contributed by atoms with Gasteiger partial charge in [-0.15, -0.1) is 0 Å². The number of carbonyl (C=O) groups excluding carboxylic acids is 2. The minimum atomic E-state index is -1.98. The van der Waals surface area contributed by atoms with Crippen LogP contribution in [0.15, 0.2) is 0 Å². The minimum absolute atomic E-state index is 0.0241. The monoisotopic (exact) mass is 464 g/mol. The van der Waals surface area contributed by atoms with Crippen molar-refractivity contribution in [3.8, 4) is 0 Å². The van der Waals surface area contributed by atoms with Crippen molar-refractivity contribution in [3.05, 3.63) is 0 Å². The zero-order valence-corrected chi connectivity index (χ0v) is 23.5. The van der Waals surface area contributed by atoms with Crippen molar-refractivity contribution in [1.29, 1.82) is 0 Å². The van der Waals surface area contributed by atoms with Gasteiger partial charge in [-0.05, 0) is 36.3 Å². The van der Waals surface area contributed by atoms with Crippen LogP contribution in [0.25, 0.3) is 0 Å². The highest BCUT2D eigenvalue weighted by molar-refractivity contribution is 8.14. The second-order valence-corrected chi connectivity index (χ2v) is 21.9. The van der Waals surface area contributed by atoms with E-state index in [1.807, 2.05) is 0 Å². The molecule has 0 unspecified atom stereocenters. The topological polar surface area (TPSA) is 61.8 Å². The van der Waals surface area contributed by atoms with Gasteiger partial charge in [0.15, 0.2) is 21.8 Å². The lowest BCUT2D eigenvalue weighted by Gasteiger charge is -2.40. The fraction of sp³-hybridized carbons (Fsp3) is 0.905. The number of rotatable bonds is 10. The zero-order valence-electron chi connectivity index (χ0n) is 20.7. The molecular formula is C21H44O5SSi2. The first-order chi connectivity index (χ1) is 12.8. The second kappa shape index (κ2) is 10.9. The summed E-state index contributed by atoms with van der Waals surface area (Å²) in [6.07, 6.45) is 0.219.